The van der Waals surface area contributed by atoms with Crippen molar-refractivity contribution in [3.05, 3.63) is 54.1 Å². The summed E-state index contributed by atoms with van der Waals surface area (Å²) in [6, 6.07) is 16.1. The third-order valence-electron chi connectivity index (χ3n) is 4.92. The smallest absolute Gasteiger partial charge is 0.241 e. The van der Waals surface area contributed by atoms with Crippen molar-refractivity contribution in [2.75, 3.05) is 52.5 Å². The average Bonchev–Trinajstić information content (AvgIpc) is 3.26. The Morgan fingerprint density at radius 2 is 1.78 bits per heavy atom. The molecule has 32 heavy (non-hydrogen) atoms. The van der Waals surface area contributed by atoms with Crippen molar-refractivity contribution in [2.24, 2.45) is 4.99 Å². The molecule has 0 unspecified atom stereocenters. The summed E-state index contributed by atoms with van der Waals surface area (Å²) in [5, 5.41) is 6.45. The van der Waals surface area contributed by atoms with Crippen LogP contribution in [0, 0.1) is 0 Å². The Bertz CT molecular complexity index is 892. The van der Waals surface area contributed by atoms with Gasteiger partial charge >= 0.3 is 0 Å². The molecular weight excluding hydrogens is 521 g/mol. The normalized spacial score (nSPS) is 12.0. The average molecular weight is 553 g/mol. The highest BCUT2D eigenvalue weighted by molar-refractivity contribution is 14.0. The highest BCUT2D eigenvalue weighted by atomic mass is 127. The summed E-state index contributed by atoms with van der Waals surface area (Å²) < 4.78 is 10.8. The number of carbonyl (C=O) groups excluding carboxylic acids is 1. The van der Waals surface area contributed by atoms with Gasteiger partial charge in [0.25, 0.3) is 0 Å². The molecular formula is C23H32IN5O3. The van der Waals surface area contributed by atoms with Gasteiger partial charge in [0.2, 0.25) is 12.7 Å². The van der Waals surface area contributed by atoms with E-state index >= 15 is 0 Å². The molecule has 1 aliphatic heterocycles. The molecule has 8 nitrogen and oxygen atoms in total. The lowest BCUT2D eigenvalue weighted by Crippen LogP contribution is -2.43. The number of benzene rings is 2. The Labute approximate surface area is 207 Å². The van der Waals surface area contributed by atoms with E-state index in [-0.39, 0.29) is 43.2 Å². The Balaban J connectivity index is 0.00000363. The lowest BCUT2D eigenvalue weighted by atomic mass is 10.2. The SMILES string of the molecule is CN(C)C(=O)CNC(=NCc1ccc2c(c1)OCO2)NCCCN(C)c1ccccc1.I. The van der Waals surface area contributed by atoms with Crippen LogP contribution in [-0.4, -0.2) is 64.3 Å². The minimum absolute atomic E-state index is 0. The fraction of sp³-hybridized carbons (Fsp3) is 0.391. The molecule has 2 aromatic carbocycles. The monoisotopic (exact) mass is 553 g/mol. The minimum atomic E-state index is -0.0126. The molecule has 2 aromatic rings. The van der Waals surface area contributed by atoms with Gasteiger partial charge in [-0.3, -0.25) is 4.79 Å². The second-order valence-corrected chi connectivity index (χ2v) is 7.53. The highest BCUT2D eigenvalue weighted by Gasteiger charge is 2.13. The molecule has 0 saturated carbocycles. The van der Waals surface area contributed by atoms with Crippen LogP contribution >= 0.6 is 24.0 Å². The van der Waals surface area contributed by atoms with Crippen LogP contribution in [-0.2, 0) is 11.3 Å². The van der Waals surface area contributed by atoms with Crippen LogP contribution < -0.4 is 25.0 Å². The van der Waals surface area contributed by atoms with E-state index in [1.807, 2.05) is 36.4 Å². The van der Waals surface area contributed by atoms with Crippen molar-refractivity contribution >= 4 is 41.5 Å². The molecule has 1 heterocycles. The zero-order valence-corrected chi connectivity index (χ0v) is 21.2. The van der Waals surface area contributed by atoms with Gasteiger partial charge in [-0.2, -0.15) is 0 Å². The summed E-state index contributed by atoms with van der Waals surface area (Å²) in [6.07, 6.45) is 0.928. The van der Waals surface area contributed by atoms with Gasteiger partial charge in [0.15, 0.2) is 17.5 Å². The number of rotatable bonds is 9. The van der Waals surface area contributed by atoms with Crippen molar-refractivity contribution in [2.45, 2.75) is 13.0 Å². The molecule has 0 bridgehead atoms. The number of halogens is 1. The van der Waals surface area contributed by atoms with Crippen molar-refractivity contribution < 1.29 is 14.3 Å². The number of amides is 1. The van der Waals surface area contributed by atoms with Crippen molar-refractivity contribution in [3.8, 4) is 11.5 Å². The zero-order valence-electron chi connectivity index (χ0n) is 18.8. The van der Waals surface area contributed by atoms with Crippen LogP contribution in [0.3, 0.4) is 0 Å². The maximum atomic E-state index is 12.0. The first-order valence-corrected chi connectivity index (χ1v) is 10.4. The standard InChI is InChI=1S/C23H31N5O3.HI/c1-27(2)22(29)16-26-23(24-12-7-13-28(3)19-8-5-4-6-9-19)25-15-18-10-11-20-21(14-18)31-17-30-20;/h4-6,8-11,14H,7,12-13,15-17H2,1-3H3,(H2,24,25,26);1H. The topological polar surface area (TPSA) is 78.4 Å². The quantitative estimate of drug-likeness (QED) is 0.215. The van der Waals surface area contributed by atoms with Crippen molar-refractivity contribution in [1.29, 1.82) is 0 Å². The fourth-order valence-corrected chi connectivity index (χ4v) is 3.04. The van der Waals surface area contributed by atoms with E-state index in [1.165, 1.54) is 5.69 Å². The molecule has 0 spiro atoms. The Morgan fingerprint density at radius 1 is 1.03 bits per heavy atom. The summed E-state index contributed by atoms with van der Waals surface area (Å²) in [5.74, 6) is 2.09. The van der Waals surface area contributed by atoms with Crippen molar-refractivity contribution in [3.63, 3.8) is 0 Å². The molecule has 3 rings (SSSR count). The molecule has 0 aromatic heterocycles. The fourth-order valence-electron chi connectivity index (χ4n) is 3.04. The summed E-state index contributed by atoms with van der Waals surface area (Å²) in [6.45, 7) is 2.54. The van der Waals surface area contributed by atoms with Gasteiger partial charge in [-0.15, -0.1) is 24.0 Å². The van der Waals surface area contributed by atoms with Gasteiger partial charge in [0.1, 0.15) is 0 Å². The number of ether oxygens (including phenoxy) is 2. The number of hydrogen-bond acceptors (Lipinski definition) is 5. The maximum absolute atomic E-state index is 12.0. The van der Waals surface area contributed by atoms with E-state index in [0.29, 0.717) is 12.5 Å². The van der Waals surface area contributed by atoms with Gasteiger partial charge in [0.05, 0.1) is 13.1 Å². The van der Waals surface area contributed by atoms with Gasteiger partial charge in [0, 0.05) is 39.9 Å². The van der Waals surface area contributed by atoms with E-state index in [9.17, 15) is 4.79 Å². The number of likely N-dealkylation sites (N-methyl/N-ethyl adjacent to an activating group) is 1. The molecule has 0 radical (unpaired) electrons. The first kappa shape index (κ1) is 25.6. The third kappa shape index (κ3) is 7.77. The van der Waals surface area contributed by atoms with Gasteiger partial charge in [-0.05, 0) is 36.2 Å². The number of nitrogens with one attached hydrogen (secondary N) is 2. The van der Waals surface area contributed by atoms with Gasteiger partial charge in [-0.1, -0.05) is 24.3 Å². The van der Waals surface area contributed by atoms with E-state index in [4.69, 9.17) is 9.47 Å². The van der Waals surface area contributed by atoms with Crippen LogP contribution in [0.2, 0.25) is 0 Å². The van der Waals surface area contributed by atoms with Crippen LogP contribution in [0.25, 0.3) is 0 Å². The highest BCUT2D eigenvalue weighted by Crippen LogP contribution is 2.32. The number of anilines is 1. The number of carbonyl (C=O) groups is 1. The summed E-state index contributed by atoms with van der Waals surface area (Å²) >= 11 is 0. The number of guanidine groups is 1. The number of hydrogen-bond donors (Lipinski definition) is 2. The second kappa shape index (κ2) is 13.0. The first-order valence-electron chi connectivity index (χ1n) is 10.4. The van der Waals surface area contributed by atoms with E-state index in [1.54, 1.807) is 19.0 Å². The Kier molecular flexibility index (Phi) is 10.4. The molecule has 9 heteroatoms. The van der Waals surface area contributed by atoms with Crippen molar-refractivity contribution in [1.82, 2.24) is 15.5 Å². The first-order chi connectivity index (χ1) is 15.0. The lowest BCUT2D eigenvalue weighted by Gasteiger charge is -2.20. The molecule has 0 saturated heterocycles. The predicted molar refractivity (Wildman–Crippen MR) is 138 cm³/mol. The summed E-state index contributed by atoms with van der Waals surface area (Å²) in [7, 11) is 5.55. The van der Waals surface area contributed by atoms with Crippen LogP contribution in [0.15, 0.2) is 53.5 Å². The molecule has 1 aliphatic rings. The predicted octanol–water partition coefficient (Wildman–Crippen LogP) is 2.68. The molecule has 2 N–H and O–H groups in total. The molecule has 0 fully saturated rings. The van der Waals surface area contributed by atoms with E-state index in [0.717, 1.165) is 36.6 Å². The molecule has 1 amide bonds. The zero-order chi connectivity index (χ0) is 22.1. The van der Waals surface area contributed by atoms with Gasteiger partial charge in [-0.25, -0.2) is 4.99 Å². The minimum Gasteiger partial charge on any atom is -0.454 e. The number of para-hydroxylation sites is 1. The van der Waals surface area contributed by atoms with E-state index in [2.05, 4.69) is 39.7 Å². The third-order valence-corrected chi connectivity index (χ3v) is 4.92. The number of nitrogens with zero attached hydrogens (tertiary/aromatic N) is 3. The number of aliphatic imine (C=N–C) groups is 1. The largest absolute Gasteiger partial charge is 0.454 e. The molecule has 0 atom stereocenters. The Hall–Kier alpha value is -2.69. The molecule has 174 valence electrons. The second-order valence-electron chi connectivity index (χ2n) is 7.53. The van der Waals surface area contributed by atoms with Crippen LogP contribution in [0.1, 0.15) is 12.0 Å². The number of fused-ring (bicyclic) bond motifs is 1. The van der Waals surface area contributed by atoms with Gasteiger partial charge < -0.3 is 29.9 Å². The Morgan fingerprint density at radius 3 is 2.53 bits per heavy atom. The van der Waals surface area contributed by atoms with E-state index < -0.39 is 0 Å². The maximum Gasteiger partial charge on any atom is 0.241 e. The summed E-state index contributed by atoms with van der Waals surface area (Å²) in [5.41, 5.74) is 2.20. The van der Waals surface area contributed by atoms with Crippen LogP contribution in [0.5, 0.6) is 11.5 Å². The molecule has 0 aliphatic carbocycles. The summed E-state index contributed by atoms with van der Waals surface area (Å²) in [4.78, 5) is 20.4. The lowest BCUT2D eigenvalue weighted by molar-refractivity contribution is -0.127. The van der Waals surface area contributed by atoms with Crippen LogP contribution in [0.4, 0.5) is 5.69 Å².